The highest BCUT2D eigenvalue weighted by atomic mass is 16.2. The van der Waals surface area contributed by atoms with Crippen LogP contribution in [0.3, 0.4) is 0 Å². The molecule has 3 heterocycles. The summed E-state index contributed by atoms with van der Waals surface area (Å²) in [6.07, 6.45) is 7.44. The fraction of sp³-hybridized carbons (Fsp3) is 0.364. The Morgan fingerprint density at radius 3 is 2.88 bits per heavy atom. The molecule has 5 nitrogen and oxygen atoms in total. The van der Waals surface area contributed by atoms with E-state index in [1.54, 1.807) is 16.8 Å². The molecule has 0 spiro atoms. The molecule has 0 radical (unpaired) electrons. The highest BCUT2D eigenvalue weighted by Crippen LogP contribution is 2.12. The summed E-state index contributed by atoms with van der Waals surface area (Å²) in [5, 5.41) is 0. The lowest BCUT2D eigenvalue weighted by molar-refractivity contribution is 0.0787. The van der Waals surface area contributed by atoms with Gasteiger partial charge in [-0.15, -0.1) is 0 Å². The van der Waals surface area contributed by atoms with Gasteiger partial charge < -0.3 is 4.90 Å². The summed E-state index contributed by atoms with van der Waals surface area (Å²) >= 11 is 0. The normalized spacial score (nSPS) is 15.9. The van der Waals surface area contributed by atoms with Crippen molar-refractivity contribution in [3.8, 4) is 0 Å². The summed E-state index contributed by atoms with van der Waals surface area (Å²) in [5.74, 6) is 0.591. The van der Waals surface area contributed by atoms with Crippen LogP contribution in [0.4, 0.5) is 0 Å². The van der Waals surface area contributed by atoms with Crippen molar-refractivity contribution in [3.63, 3.8) is 0 Å². The Kier molecular flexibility index (Phi) is 2.09. The number of likely N-dealkylation sites (tertiary alicyclic amines) is 1. The van der Waals surface area contributed by atoms with E-state index in [2.05, 4.69) is 9.97 Å². The smallest absolute Gasteiger partial charge is 0.274 e. The highest BCUT2D eigenvalue weighted by molar-refractivity contribution is 5.92. The number of hydrogen-bond acceptors (Lipinski definition) is 3. The Labute approximate surface area is 92.7 Å². The van der Waals surface area contributed by atoms with Gasteiger partial charge >= 0.3 is 0 Å². The maximum Gasteiger partial charge on any atom is 0.274 e. The van der Waals surface area contributed by atoms with Crippen LogP contribution in [0.25, 0.3) is 5.78 Å². The van der Waals surface area contributed by atoms with Gasteiger partial charge in [-0.25, -0.2) is 9.97 Å². The molecule has 1 aliphatic heterocycles. The number of nitrogens with zero attached hydrogens (tertiary/aromatic N) is 4. The molecule has 0 saturated carbocycles. The largest absolute Gasteiger partial charge is 0.337 e. The number of carbonyl (C=O) groups is 1. The van der Waals surface area contributed by atoms with Gasteiger partial charge in [-0.3, -0.25) is 9.20 Å². The summed E-state index contributed by atoms with van der Waals surface area (Å²) in [4.78, 5) is 22.2. The molecule has 82 valence electrons. The molecule has 0 bridgehead atoms. The second-order valence-electron chi connectivity index (χ2n) is 3.95. The van der Waals surface area contributed by atoms with Gasteiger partial charge in [0.2, 0.25) is 5.78 Å². The Balaban J connectivity index is 1.96. The predicted molar refractivity (Wildman–Crippen MR) is 58.1 cm³/mol. The van der Waals surface area contributed by atoms with Crippen molar-refractivity contribution in [2.45, 2.75) is 12.8 Å². The maximum atomic E-state index is 12.0. The average molecular weight is 216 g/mol. The van der Waals surface area contributed by atoms with Crippen LogP contribution in [-0.2, 0) is 0 Å². The number of aromatic nitrogens is 3. The van der Waals surface area contributed by atoms with Crippen molar-refractivity contribution < 1.29 is 4.79 Å². The molecule has 0 aliphatic carbocycles. The minimum absolute atomic E-state index is 0.0167. The van der Waals surface area contributed by atoms with Crippen LogP contribution >= 0.6 is 0 Å². The SMILES string of the molecule is O=C(c1cn2cccnc2n1)N1CCCC1. The second kappa shape index (κ2) is 3.59. The van der Waals surface area contributed by atoms with Gasteiger partial charge in [-0.2, -0.15) is 0 Å². The van der Waals surface area contributed by atoms with Gasteiger partial charge in [0.25, 0.3) is 5.91 Å². The van der Waals surface area contributed by atoms with Crippen LogP contribution in [-0.4, -0.2) is 38.3 Å². The lowest BCUT2D eigenvalue weighted by atomic mass is 10.4. The monoisotopic (exact) mass is 216 g/mol. The summed E-state index contributed by atoms with van der Waals surface area (Å²) < 4.78 is 1.77. The zero-order chi connectivity index (χ0) is 11.0. The quantitative estimate of drug-likeness (QED) is 0.713. The zero-order valence-electron chi connectivity index (χ0n) is 8.83. The molecule has 3 rings (SSSR count). The number of imidazole rings is 1. The van der Waals surface area contributed by atoms with E-state index in [4.69, 9.17) is 0 Å². The van der Waals surface area contributed by atoms with Gasteiger partial charge in [-0.05, 0) is 18.9 Å². The first-order valence-electron chi connectivity index (χ1n) is 5.43. The molecule has 0 unspecified atom stereocenters. The molecule has 5 heteroatoms. The molecule has 0 atom stereocenters. The van der Waals surface area contributed by atoms with E-state index < -0.39 is 0 Å². The zero-order valence-corrected chi connectivity index (χ0v) is 8.83. The fourth-order valence-electron chi connectivity index (χ4n) is 2.02. The van der Waals surface area contributed by atoms with E-state index in [9.17, 15) is 4.79 Å². The van der Waals surface area contributed by atoms with Crippen LogP contribution < -0.4 is 0 Å². The van der Waals surface area contributed by atoms with Gasteiger partial charge in [0.05, 0.1) is 0 Å². The highest BCUT2D eigenvalue weighted by Gasteiger charge is 2.21. The van der Waals surface area contributed by atoms with E-state index >= 15 is 0 Å². The third-order valence-electron chi connectivity index (χ3n) is 2.85. The first-order valence-corrected chi connectivity index (χ1v) is 5.43. The summed E-state index contributed by atoms with van der Waals surface area (Å²) in [6, 6.07) is 1.82. The van der Waals surface area contributed by atoms with Crippen molar-refractivity contribution in [1.29, 1.82) is 0 Å². The molecule has 0 N–H and O–H groups in total. The first kappa shape index (κ1) is 9.33. The van der Waals surface area contributed by atoms with Crippen LogP contribution in [0.2, 0.25) is 0 Å². The molecule has 16 heavy (non-hydrogen) atoms. The molecule has 1 aliphatic rings. The standard InChI is InChI=1S/C11H12N4O/c16-10(14-5-1-2-6-14)9-8-15-7-3-4-12-11(15)13-9/h3-4,7-8H,1-2,5-6H2. The Hall–Kier alpha value is -1.91. The van der Waals surface area contributed by atoms with Crippen molar-refractivity contribution in [2.24, 2.45) is 0 Å². The molecular formula is C11H12N4O. The number of hydrogen-bond donors (Lipinski definition) is 0. The van der Waals surface area contributed by atoms with Gasteiger partial charge in [-0.1, -0.05) is 0 Å². The Morgan fingerprint density at radius 2 is 2.12 bits per heavy atom. The van der Waals surface area contributed by atoms with Crippen LogP contribution in [0, 0.1) is 0 Å². The second-order valence-corrected chi connectivity index (χ2v) is 3.95. The fourth-order valence-corrected chi connectivity index (χ4v) is 2.02. The molecular weight excluding hydrogens is 204 g/mol. The van der Waals surface area contributed by atoms with Crippen LogP contribution in [0.1, 0.15) is 23.3 Å². The summed E-state index contributed by atoms with van der Waals surface area (Å²) in [6.45, 7) is 1.69. The maximum absolute atomic E-state index is 12.0. The first-order chi connectivity index (χ1) is 7.84. The Bertz CT molecular complexity index is 495. The number of rotatable bonds is 1. The molecule has 2 aromatic heterocycles. The number of amides is 1. The molecule has 2 aromatic rings. The van der Waals surface area contributed by atoms with Crippen molar-refractivity contribution >= 4 is 11.7 Å². The Morgan fingerprint density at radius 1 is 1.31 bits per heavy atom. The van der Waals surface area contributed by atoms with Crippen molar-refractivity contribution in [3.05, 3.63) is 30.4 Å². The van der Waals surface area contributed by atoms with Gasteiger partial charge in [0, 0.05) is 31.7 Å². The van der Waals surface area contributed by atoms with E-state index in [0.717, 1.165) is 25.9 Å². The summed E-state index contributed by atoms with van der Waals surface area (Å²) in [5.41, 5.74) is 0.487. The summed E-state index contributed by atoms with van der Waals surface area (Å²) in [7, 11) is 0. The average Bonchev–Trinajstić information content (AvgIpc) is 2.97. The van der Waals surface area contributed by atoms with E-state index in [0.29, 0.717) is 11.5 Å². The van der Waals surface area contributed by atoms with Gasteiger partial charge in [0.1, 0.15) is 5.69 Å². The minimum atomic E-state index is 0.0167. The number of fused-ring (bicyclic) bond motifs is 1. The van der Waals surface area contributed by atoms with E-state index in [-0.39, 0.29) is 5.91 Å². The van der Waals surface area contributed by atoms with Crippen LogP contribution in [0.15, 0.2) is 24.7 Å². The predicted octanol–water partition coefficient (Wildman–Crippen LogP) is 0.965. The van der Waals surface area contributed by atoms with Crippen LogP contribution in [0.5, 0.6) is 0 Å². The molecule has 0 aromatic carbocycles. The lowest BCUT2D eigenvalue weighted by Gasteiger charge is -2.12. The topological polar surface area (TPSA) is 50.5 Å². The molecule has 1 saturated heterocycles. The minimum Gasteiger partial charge on any atom is -0.337 e. The number of carbonyl (C=O) groups excluding carboxylic acids is 1. The van der Waals surface area contributed by atoms with E-state index in [1.807, 2.05) is 17.2 Å². The van der Waals surface area contributed by atoms with Crippen molar-refractivity contribution in [2.75, 3.05) is 13.1 Å². The van der Waals surface area contributed by atoms with Gasteiger partial charge in [0.15, 0.2) is 0 Å². The third kappa shape index (κ3) is 1.44. The van der Waals surface area contributed by atoms with E-state index in [1.165, 1.54) is 0 Å². The molecule has 1 amide bonds. The van der Waals surface area contributed by atoms with Crippen molar-refractivity contribution in [1.82, 2.24) is 19.3 Å². The third-order valence-corrected chi connectivity index (χ3v) is 2.85. The lowest BCUT2D eigenvalue weighted by Crippen LogP contribution is -2.27. The molecule has 1 fully saturated rings.